The maximum atomic E-state index is 8.56. The van der Waals surface area contributed by atoms with Crippen LogP contribution in [0.2, 0.25) is 0 Å². The fourth-order valence-corrected chi connectivity index (χ4v) is 0.782. The van der Waals surface area contributed by atoms with Gasteiger partial charge in [0.05, 0.1) is 12.6 Å². The highest BCUT2D eigenvalue weighted by molar-refractivity contribution is 4.72. The Morgan fingerprint density at radius 1 is 1.75 bits per heavy atom. The van der Waals surface area contributed by atoms with Gasteiger partial charge in [-0.25, -0.2) is 5.32 Å². The molecule has 3 nitrogen and oxygen atoms in total. The summed E-state index contributed by atoms with van der Waals surface area (Å²) < 4.78 is 0. The van der Waals surface area contributed by atoms with Gasteiger partial charge in [-0.2, -0.15) is 0 Å². The third kappa shape index (κ3) is 1.43. The lowest BCUT2D eigenvalue weighted by molar-refractivity contribution is 0.224. The van der Waals surface area contributed by atoms with Gasteiger partial charge in [-0.05, 0) is 0 Å². The SMILES string of the molecule is OCC1CNCC[N]1. The molecular formula is C5H11N2O. The van der Waals surface area contributed by atoms with Crippen molar-refractivity contribution in [3.63, 3.8) is 0 Å². The number of hydrogen-bond donors (Lipinski definition) is 2. The van der Waals surface area contributed by atoms with Gasteiger partial charge < -0.3 is 10.4 Å². The van der Waals surface area contributed by atoms with Crippen LogP contribution < -0.4 is 10.6 Å². The highest BCUT2D eigenvalue weighted by Crippen LogP contribution is 1.85. The Hall–Kier alpha value is -0.120. The van der Waals surface area contributed by atoms with Gasteiger partial charge in [-0.1, -0.05) is 0 Å². The van der Waals surface area contributed by atoms with Gasteiger partial charge >= 0.3 is 0 Å². The van der Waals surface area contributed by atoms with Crippen LogP contribution in [0.15, 0.2) is 0 Å². The summed E-state index contributed by atoms with van der Waals surface area (Å²) in [4.78, 5) is 0. The van der Waals surface area contributed by atoms with Crippen LogP contribution >= 0.6 is 0 Å². The fourth-order valence-electron chi connectivity index (χ4n) is 0.782. The quantitative estimate of drug-likeness (QED) is 0.439. The topological polar surface area (TPSA) is 46.4 Å². The van der Waals surface area contributed by atoms with E-state index in [0.717, 1.165) is 19.6 Å². The van der Waals surface area contributed by atoms with E-state index in [9.17, 15) is 0 Å². The van der Waals surface area contributed by atoms with E-state index in [0.29, 0.717) is 0 Å². The van der Waals surface area contributed by atoms with E-state index in [2.05, 4.69) is 10.6 Å². The molecule has 2 N–H and O–H groups in total. The summed E-state index contributed by atoms with van der Waals surface area (Å²) in [7, 11) is 0. The predicted molar refractivity (Wildman–Crippen MR) is 30.7 cm³/mol. The second kappa shape index (κ2) is 3.02. The summed E-state index contributed by atoms with van der Waals surface area (Å²) in [5, 5.41) is 15.8. The zero-order valence-corrected chi connectivity index (χ0v) is 4.80. The van der Waals surface area contributed by atoms with Gasteiger partial charge in [-0.15, -0.1) is 0 Å². The van der Waals surface area contributed by atoms with Gasteiger partial charge in [0.15, 0.2) is 0 Å². The molecule has 8 heavy (non-hydrogen) atoms. The van der Waals surface area contributed by atoms with Crippen molar-refractivity contribution in [3.8, 4) is 0 Å². The number of piperazine rings is 1. The van der Waals surface area contributed by atoms with E-state index in [1.165, 1.54) is 0 Å². The van der Waals surface area contributed by atoms with Gasteiger partial charge in [0.25, 0.3) is 0 Å². The molecule has 1 unspecified atom stereocenters. The maximum absolute atomic E-state index is 8.56. The van der Waals surface area contributed by atoms with E-state index in [-0.39, 0.29) is 12.6 Å². The van der Waals surface area contributed by atoms with E-state index >= 15 is 0 Å². The zero-order chi connectivity index (χ0) is 5.82. The van der Waals surface area contributed by atoms with Crippen molar-refractivity contribution in [2.45, 2.75) is 6.04 Å². The van der Waals surface area contributed by atoms with Crippen molar-refractivity contribution < 1.29 is 5.11 Å². The summed E-state index contributed by atoms with van der Waals surface area (Å²) in [6.45, 7) is 2.85. The van der Waals surface area contributed by atoms with Crippen LogP contribution in [-0.2, 0) is 0 Å². The van der Waals surface area contributed by atoms with Crippen molar-refractivity contribution in [1.82, 2.24) is 10.6 Å². The van der Waals surface area contributed by atoms with Crippen molar-refractivity contribution in [2.24, 2.45) is 0 Å². The molecule has 0 saturated carbocycles. The monoisotopic (exact) mass is 115 g/mol. The highest BCUT2D eigenvalue weighted by atomic mass is 16.3. The first-order chi connectivity index (χ1) is 3.93. The average Bonchev–Trinajstić information content (AvgIpc) is 1.90. The van der Waals surface area contributed by atoms with Crippen LogP contribution in [0.1, 0.15) is 0 Å². The molecule has 1 heterocycles. The Labute approximate surface area is 49.1 Å². The molecule has 1 aliphatic rings. The minimum atomic E-state index is 0.156. The molecule has 1 radical (unpaired) electrons. The summed E-state index contributed by atoms with van der Waals surface area (Å²) in [5.74, 6) is 0. The molecule has 0 aromatic carbocycles. The van der Waals surface area contributed by atoms with Gasteiger partial charge in [0.2, 0.25) is 0 Å². The van der Waals surface area contributed by atoms with E-state index < -0.39 is 0 Å². The first-order valence-corrected chi connectivity index (χ1v) is 2.91. The van der Waals surface area contributed by atoms with Crippen LogP contribution in [0.3, 0.4) is 0 Å². The molecule has 0 spiro atoms. The van der Waals surface area contributed by atoms with E-state index in [1.807, 2.05) is 0 Å². The molecule has 0 aliphatic carbocycles. The Bertz CT molecular complexity index is 61.4. The minimum Gasteiger partial charge on any atom is -0.395 e. The Kier molecular flexibility index (Phi) is 2.27. The standard InChI is InChI=1S/C5H11N2O/c8-4-5-3-6-1-2-7-5/h5-6,8H,1-4H2. The highest BCUT2D eigenvalue weighted by Gasteiger charge is 2.10. The van der Waals surface area contributed by atoms with Crippen LogP contribution in [-0.4, -0.2) is 37.4 Å². The number of aliphatic hydroxyl groups excluding tert-OH is 1. The Morgan fingerprint density at radius 3 is 3.00 bits per heavy atom. The first kappa shape index (κ1) is 6.01. The van der Waals surface area contributed by atoms with Crippen LogP contribution in [0.5, 0.6) is 0 Å². The Morgan fingerprint density at radius 2 is 2.62 bits per heavy atom. The van der Waals surface area contributed by atoms with E-state index in [1.54, 1.807) is 0 Å². The largest absolute Gasteiger partial charge is 0.395 e. The molecule has 0 amide bonds. The summed E-state index contributed by atoms with van der Waals surface area (Å²) in [6.07, 6.45) is 0. The van der Waals surface area contributed by atoms with Gasteiger partial charge in [0, 0.05) is 19.6 Å². The number of hydrogen-bond acceptors (Lipinski definition) is 2. The molecule has 1 atom stereocenters. The lowest BCUT2D eigenvalue weighted by atomic mass is 10.2. The summed E-state index contributed by atoms with van der Waals surface area (Å²) in [5.41, 5.74) is 0. The normalized spacial score (nSPS) is 30.4. The van der Waals surface area contributed by atoms with Gasteiger partial charge in [-0.3, -0.25) is 0 Å². The molecule has 1 saturated heterocycles. The molecule has 1 fully saturated rings. The molecule has 0 aromatic heterocycles. The average molecular weight is 115 g/mol. The molecule has 0 aromatic rings. The zero-order valence-electron chi connectivity index (χ0n) is 4.80. The molecule has 3 heteroatoms. The predicted octanol–water partition coefficient (Wildman–Crippen LogP) is -1.45. The number of nitrogens with zero attached hydrogens (tertiary/aromatic N) is 1. The molecular weight excluding hydrogens is 104 g/mol. The smallest absolute Gasteiger partial charge is 0.0613 e. The van der Waals surface area contributed by atoms with Crippen LogP contribution in [0.4, 0.5) is 0 Å². The lowest BCUT2D eigenvalue weighted by Gasteiger charge is -2.19. The van der Waals surface area contributed by atoms with Crippen molar-refractivity contribution in [1.29, 1.82) is 0 Å². The van der Waals surface area contributed by atoms with Crippen molar-refractivity contribution in [2.75, 3.05) is 26.2 Å². The van der Waals surface area contributed by atoms with Crippen molar-refractivity contribution >= 4 is 0 Å². The molecule has 1 rings (SSSR count). The van der Waals surface area contributed by atoms with Gasteiger partial charge in [0.1, 0.15) is 0 Å². The maximum Gasteiger partial charge on any atom is 0.0613 e. The van der Waals surface area contributed by atoms with Crippen LogP contribution in [0.25, 0.3) is 0 Å². The molecule has 47 valence electrons. The minimum absolute atomic E-state index is 0.156. The fraction of sp³-hybridized carbons (Fsp3) is 1.00. The number of rotatable bonds is 1. The number of aliphatic hydroxyl groups is 1. The van der Waals surface area contributed by atoms with Crippen molar-refractivity contribution in [3.05, 3.63) is 0 Å². The summed E-state index contributed by atoms with van der Waals surface area (Å²) >= 11 is 0. The Balaban J connectivity index is 2.13. The first-order valence-electron chi connectivity index (χ1n) is 2.91. The summed E-state index contributed by atoms with van der Waals surface area (Å²) in [6, 6.07) is 0.156. The van der Waals surface area contributed by atoms with Crippen LogP contribution in [0, 0.1) is 0 Å². The molecule has 0 bridgehead atoms. The number of nitrogens with one attached hydrogen (secondary N) is 1. The second-order valence-electron chi connectivity index (χ2n) is 1.95. The third-order valence-electron chi connectivity index (χ3n) is 1.27. The molecule has 1 aliphatic heterocycles. The van der Waals surface area contributed by atoms with E-state index in [4.69, 9.17) is 5.11 Å². The third-order valence-corrected chi connectivity index (χ3v) is 1.27. The second-order valence-corrected chi connectivity index (χ2v) is 1.95. The lowest BCUT2D eigenvalue weighted by Crippen LogP contribution is -2.45.